The van der Waals surface area contributed by atoms with E-state index < -0.39 is 5.54 Å². The number of rotatable bonds is 4. The fourth-order valence-electron chi connectivity index (χ4n) is 3.85. The summed E-state index contributed by atoms with van der Waals surface area (Å²) >= 11 is 0. The molecular formula is C22H19NO. The van der Waals surface area contributed by atoms with Gasteiger partial charge in [-0.15, -0.1) is 0 Å². The molecule has 1 unspecified atom stereocenters. The molecule has 0 heterocycles. The van der Waals surface area contributed by atoms with Crippen LogP contribution in [0.25, 0.3) is 11.1 Å². The number of carbonyl (C=O) groups is 1. The van der Waals surface area contributed by atoms with Crippen LogP contribution in [0.15, 0.2) is 78.9 Å². The Morgan fingerprint density at radius 3 is 1.83 bits per heavy atom. The van der Waals surface area contributed by atoms with Crippen LogP contribution in [0.3, 0.4) is 0 Å². The maximum atomic E-state index is 11.4. The Bertz CT molecular complexity index is 840. The van der Waals surface area contributed by atoms with Gasteiger partial charge in [0.25, 0.3) is 0 Å². The predicted molar refractivity (Wildman–Crippen MR) is 96.9 cm³/mol. The smallest absolute Gasteiger partial charge is 0.136 e. The van der Waals surface area contributed by atoms with E-state index in [9.17, 15) is 4.79 Å². The van der Waals surface area contributed by atoms with Crippen LogP contribution >= 0.6 is 0 Å². The monoisotopic (exact) mass is 313 g/mol. The average molecular weight is 313 g/mol. The van der Waals surface area contributed by atoms with E-state index in [2.05, 4.69) is 66.0 Å². The van der Waals surface area contributed by atoms with Crippen molar-refractivity contribution in [3.8, 4) is 11.1 Å². The molecule has 2 nitrogen and oxygen atoms in total. The fraction of sp³-hybridized carbons (Fsp3) is 0.136. The van der Waals surface area contributed by atoms with Gasteiger partial charge < -0.3 is 4.79 Å². The number of carbonyl (C=O) groups excluding carboxylic acids is 1. The highest BCUT2D eigenvalue weighted by molar-refractivity contribution is 5.83. The molecule has 0 fully saturated rings. The molecule has 0 aliphatic heterocycles. The highest BCUT2D eigenvalue weighted by Crippen LogP contribution is 2.50. The van der Waals surface area contributed by atoms with E-state index in [1.54, 1.807) is 0 Å². The second kappa shape index (κ2) is 5.73. The van der Waals surface area contributed by atoms with E-state index in [4.69, 9.17) is 0 Å². The van der Waals surface area contributed by atoms with E-state index in [-0.39, 0.29) is 6.04 Å². The lowest BCUT2D eigenvalue weighted by atomic mass is 9.80. The standard InChI is InChI=1S/C22H19NO/c1-16(15-24)23-22(17-9-3-2-4-10-17)20-13-7-5-11-18(20)19-12-6-8-14-21(19)22/h2-16,23H,1H3. The fourth-order valence-corrected chi connectivity index (χ4v) is 3.85. The molecule has 0 radical (unpaired) electrons. The largest absolute Gasteiger partial charge is 0.302 e. The lowest BCUT2D eigenvalue weighted by molar-refractivity contribution is -0.109. The first-order chi connectivity index (χ1) is 11.8. The van der Waals surface area contributed by atoms with Crippen molar-refractivity contribution in [3.63, 3.8) is 0 Å². The van der Waals surface area contributed by atoms with E-state index >= 15 is 0 Å². The summed E-state index contributed by atoms with van der Waals surface area (Å²) in [6, 6.07) is 27.0. The summed E-state index contributed by atoms with van der Waals surface area (Å²) in [5, 5.41) is 3.60. The molecule has 0 bridgehead atoms. The third-order valence-electron chi connectivity index (χ3n) is 4.81. The van der Waals surface area contributed by atoms with Crippen LogP contribution in [0, 0.1) is 0 Å². The van der Waals surface area contributed by atoms with Gasteiger partial charge in [0.1, 0.15) is 6.29 Å². The Labute approximate surface area is 142 Å². The van der Waals surface area contributed by atoms with Crippen molar-refractivity contribution >= 4 is 6.29 Å². The van der Waals surface area contributed by atoms with Crippen molar-refractivity contribution < 1.29 is 4.79 Å². The molecule has 0 spiro atoms. The summed E-state index contributed by atoms with van der Waals surface area (Å²) in [5.74, 6) is 0. The van der Waals surface area contributed by atoms with Gasteiger partial charge in [-0.05, 0) is 34.7 Å². The molecule has 2 heteroatoms. The van der Waals surface area contributed by atoms with Gasteiger partial charge in [0, 0.05) is 0 Å². The van der Waals surface area contributed by atoms with E-state index in [0.29, 0.717) is 0 Å². The molecule has 0 aromatic heterocycles. The van der Waals surface area contributed by atoms with Gasteiger partial charge in [-0.25, -0.2) is 0 Å². The van der Waals surface area contributed by atoms with E-state index in [1.165, 1.54) is 22.3 Å². The first-order valence-corrected chi connectivity index (χ1v) is 8.25. The Morgan fingerprint density at radius 1 is 0.792 bits per heavy atom. The molecular weight excluding hydrogens is 294 g/mol. The minimum absolute atomic E-state index is 0.260. The molecule has 24 heavy (non-hydrogen) atoms. The second-order valence-electron chi connectivity index (χ2n) is 6.28. The van der Waals surface area contributed by atoms with Crippen molar-refractivity contribution in [3.05, 3.63) is 95.6 Å². The Morgan fingerprint density at radius 2 is 1.29 bits per heavy atom. The molecule has 3 aromatic carbocycles. The number of benzene rings is 3. The molecule has 4 rings (SSSR count). The van der Waals surface area contributed by atoms with Crippen LogP contribution in [0.2, 0.25) is 0 Å². The van der Waals surface area contributed by atoms with Gasteiger partial charge in [0.05, 0.1) is 11.6 Å². The van der Waals surface area contributed by atoms with E-state index in [1.807, 2.05) is 25.1 Å². The predicted octanol–water partition coefficient (Wildman–Crippen LogP) is 4.14. The minimum Gasteiger partial charge on any atom is -0.302 e. The number of hydrogen-bond acceptors (Lipinski definition) is 2. The summed E-state index contributed by atoms with van der Waals surface area (Å²) in [7, 11) is 0. The summed E-state index contributed by atoms with van der Waals surface area (Å²) in [6.45, 7) is 1.90. The zero-order valence-electron chi connectivity index (χ0n) is 13.6. The second-order valence-corrected chi connectivity index (χ2v) is 6.28. The average Bonchev–Trinajstić information content (AvgIpc) is 2.94. The zero-order valence-corrected chi connectivity index (χ0v) is 13.6. The Hall–Kier alpha value is -2.71. The van der Waals surface area contributed by atoms with Crippen LogP contribution in [0.5, 0.6) is 0 Å². The summed E-state index contributed by atoms with van der Waals surface area (Å²) in [6.07, 6.45) is 0.967. The van der Waals surface area contributed by atoms with Gasteiger partial charge in [-0.3, -0.25) is 5.32 Å². The third-order valence-corrected chi connectivity index (χ3v) is 4.81. The highest BCUT2D eigenvalue weighted by Gasteiger charge is 2.44. The molecule has 118 valence electrons. The molecule has 0 saturated heterocycles. The van der Waals surface area contributed by atoms with Crippen molar-refractivity contribution in [2.24, 2.45) is 0 Å². The molecule has 0 amide bonds. The first kappa shape index (κ1) is 14.9. The number of fused-ring (bicyclic) bond motifs is 3. The molecule has 1 aliphatic rings. The van der Waals surface area contributed by atoms with Gasteiger partial charge in [0.15, 0.2) is 0 Å². The Balaban J connectivity index is 2.08. The lowest BCUT2D eigenvalue weighted by Gasteiger charge is -2.35. The lowest BCUT2D eigenvalue weighted by Crippen LogP contribution is -2.48. The van der Waals surface area contributed by atoms with Crippen molar-refractivity contribution in [1.29, 1.82) is 0 Å². The Kier molecular flexibility index (Phi) is 3.55. The minimum atomic E-state index is -0.505. The van der Waals surface area contributed by atoms with Crippen LogP contribution in [0.4, 0.5) is 0 Å². The van der Waals surface area contributed by atoms with Crippen LogP contribution in [-0.2, 0) is 10.3 Å². The number of hydrogen-bond donors (Lipinski definition) is 1. The first-order valence-electron chi connectivity index (χ1n) is 8.25. The highest BCUT2D eigenvalue weighted by atomic mass is 16.1. The van der Waals surface area contributed by atoms with Crippen molar-refractivity contribution in [2.75, 3.05) is 0 Å². The summed E-state index contributed by atoms with van der Waals surface area (Å²) < 4.78 is 0. The SMILES string of the molecule is CC(C=O)NC1(c2ccccc2)c2ccccc2-c2ccccc21. The number of nitrogens with one attached hydrogen (secondary N) is 1. The van der Waals surface area contributed by atoms with Crippen LogP contribution < -0.4 is 5.32 Å². The zero-order chi connectivity index (χ0) is 16.6. The molecule has 0 saturated carbocycles. The van der Waals surface area contributed by atoms with Gasteiger partial charge >= 0.3 is 0 Å². The topological polar surface area (TPSA) is 29.1 Å². The van der Waals surface area contributed by atoms with Crippen molar-refractivity contribution in [1.82, 2.24) is 5.32 Å². The maximum Gasteiger partial charge on any atom is 0.136 e. The summed E-state index contributed by atoms with van der Waals surface area (Å²) in [5.41, 5.74) is 5.49. The quantitative estimate of drug-likeness (QED) is 0.734. The normalized spacial score (nSPS) is 15.4. The van der Waals surface area contributed by atoms with Gasteiger partial charge in [0.2, 0.25) is 0 Å². The van der Waals surface area contributed by atoms with Crippen LogP contribution in [-0.4, -0.2) is 12.3 Å². The number of aldehydes is 1. The molecule has 1 N–H and O–H groups in total. The van der Waals surface area contributed by atoms with Crippen molar-refractivity contribution in [2.45, 2.75) is 18.5 Å². The van der Waals surface area contributed by atoms with E-state index in [0.717, 1.165) is 11.8 Å². The third kappa shape index (κ3) is 2.04. The molecule has 1 aliphatic carbocycles. The van der Waals surface area contributed by atoms with Crippen LogP contribution in [0.1, 0.15) is 23.6 Å². The van der Waals surface area contributed by atoms with Gasteiger partial charge in [-0.2, -0.15) is 0 Å². The molecule has 1 atom stereocenters. The molecule has 3 aromatic rings. The van der Waals surface area contributed by atoms with Gasteiger partial charge in [-0.1, -0.05) is 78.9 Å². The summed E-state index contributed by atoms with van der Waals surface area (Å²) in [4.78, 5) is 11.4. The maximum absolute atomic E-state index is 11.4.